The third kappa shape index (κ3) is 5.83. The van der Waals surface area contributed by atoms with Crippen LogP contribution >= 0.6 is 11.6 Å². The number of Topliss-reactive ketones (excluding diaryl/α,β-unsaturated/α-hetero) is 1. The second kappa shape index (κ2) is 11.3. The smallest absolute Gasteiger partial charge is 0.319 e. The minimum atomic E-state index is -1.19. The van der Waals surface area contributed by atoms with E-state index in [-0.39, 0.29) is 46.6 Å². The van der Waals surface area contributed by atoms with Crippen LogP contribution in [-0.4, -0.2) is 30.3 Å². The quantitative estimate of drug-likeness (QED) is 0.360. The van der Waals surface area contributed by atoms with Crippen molar-refractivity contribution < 1.29 is 27.6 Å². The fourth-order valence-electron chi connectivity index (χ4n) is 4.49. The van der Waals surface area contributed by atoms with E-state index < -0.39 is 35.4 Å². The van der Waals surface area contributed by atoms with Crippen molar-refractivity contribution in [1.29, 1.82) is 0 Å². The van der Waals surface area contributed by atoms with E-state index >= 15 is 8.78 Å². The van der Waals surface area contributed by atoms with Crippen LogP contribution in [0.25, 0.3) is 11.1 Å². The van der Waals surface area contributed by atoms with Crippen LogP contribution in [0.5, 0.6) is 0 Å². The van der Waals surface area contributed by atoms with Gasteiger partial charge in [0.2, 0.25) is 5.91 Å². The Morgan fingerprint density at radius 3 is 2.55 bits per heavy atom. The van der Waals surface area contributed by atoms with Gasteiger partial charge in [-0.05, 0) is 60.7 Å². The van der Waals surface area contributed by atoms with Crippen molar-refractivity contribution in [3.05, 3.63) is 82.6 Å². The summed E-state index contributed by atoms with van der Waals surface area (Å²) in [6, 6.07) is 11.5. The molecule has 2 atom stereocenters. The van der Waals surface area contributed by atoms with Gasteiger partial charge in [-0.15, -0.1) is 0 Å². The van der Waals surface area contributed by atoms with E-state index in [1.54, 1.807) is 18.2 Å². The van der Waals surface area contributed by atoms with Gasteiger partial charge in [-0.3, -0.25) is 4.79 Å². The number of hydrogen-bond acceptors (Lipinski definition) is 3. The maximum Gasteiger partial charge on any atom is 0.319 e. The van der Waals surface area contributed by atoms with Gasteiger partial charge in [-0.2, -0.15) is 0 Å². The summed E-state index contributed by atoms with van der Waals surface area (Å²) in [5.41, 5.74) is 0.915. The molecule has 10 heteroatoms. The molecule has 0 radical (unpaired) electrons. The van der Waals surface area contributed by atoms with Gasteiger partial charge in [0.1, 0.15) is 17.6 Å². The van der Waals surface area contributed by atoms with Crippen LogP contribution in [0.4, 0.5) is 29.3 Å². The van der Waals surface area contributed by atoms with Gasteiger partial charge >= 0.3 is 6.03 Å². The zero-order valence-corrected chi connectivity index (χ0v) is 21.4. The first-order valence-corrected chi connectivity index (χ1v) is 12.3. The minimum absolute atomic E-state index is 0.0221. The second-order valence-electron chi connectivity index (χ2n) is 9.25. The molecule has 4 rings (SSSR count). The number of carbonyl (C=O) groups is 3. The molecule has 38 heavy (non-hydrogen) atoms. The Balaban J connectivity index is 1.49. The first-order valence-electron chi connectivity index (χ1n) is 12.0. The Hall–Kier alpha value is -3.85. The number of nitrogens with zero attached hydrogens (tertiary/aromatic N) is 1. The standard InChI is InChI=1S/C28H25ClF3N3O3/c1-15(12-16(2)36)17-4-3-5-18(13-17)20-7-9-24(26(32)25(20)31)35-11-10-23(27(35)37)34-28(38)33-22-8-6-19(29)14-21(22)30/h3-9,13-15,23H,10-12H2,1-2H3,(H2,33,34,38)/t15?,23-/m1/s1. The molecule has 3 amide bonds. The average Bonchev–Trinajstić information content (AvgIpc) is 3.21. The van der Waals surface area contributed by atoms with E-state index in [2.05, 4.69) is 10.6 Å². The van der Waals surface area contributed by atoms with E-state index in [0.29, 0.717) is 12.0 Å². The topological polar surface area (TPSA) is 78.5 Å². The molecular weight excluding hydrogens is 519 g/mol. The zero-order valence-electron chi connectivity index (χ0n) is 20.7. The number of nitrogens with one attached hydrogen (secondary N) is 2. The molecule has 0 spiro atoms. The van der Waals surface area contributed by atoms with Gasteiger partial charge in [0.05, 0.1) is 11.4 Å². The number of amides is 3. The summed E-state index contributed by atoms with van der Waals surface area (Å²) in [5.74, 6) is -3.72. The van der Waals surface area contributed by atoms with Crippen molar-refractivity contribution in [2.75, 3.05) is 16.8 Å². The summed E-state index contributed by atoms with van der Waals surface area (Å²) in [5, 5.41) is 4.90. The van der Waals surface area contributed by atoms with Gasteiger partial charge < -0.3 is 20.3 Å². The summed E-state index contributed by atoms with van der Waals surface area (Å²) in [6.45, 7) is 3.43. The lowest BCUT2D eigenvalue weighted by Gasteiger charge is -2.19. The fraction of sp³-hybridized carbons (Fsp3) is 0.250. The fourth-order valence-corrected chi connectivity index (χ4v) is 4.65. The number of urea groups is 1. The Labute approximate surface area is 222 Å². The second-order valence-corrected chi connectivity index (χ2v) is 9.68. The van der Waals surface area contributed by atoms with Crippen LogP contribution in [0.3, 0.4) is 0 Å². The lowest BCUT2D eigenvalue weighted by Crippen LogP contribution is -2.43. The highest BCUT2D eigenvalue weighted by atomic mass is 35.5. The van der Waals surface area contributed by atoms with Crippen LogP contribution in [-0.2, 0) is 9.59 Å². The predicted molar refractivity (Wildman–Crippen MR) is 140 cm³/mol. The highest BCUT2D eigenvalue weighted by molar-refractivity contribution is 6.30. The molecule has 0 saturated carbocycles. The number of halogens is 4. The highest BCUT2D eigenvalue weighted by Crippen LogP contribution is 2.34. The molecule has 2 N–H and O–H groups in total. The summed E-state index contributed by atoms with van der Waals surface area (Å²) >= 11 is 5.70. The van der Waals surface area contributed by atoms with E-state index in [0.717, 1.165) is 16.5 Å². The van der Waals surface area contributed by atoms with Crippen molar-refractivity contribution in [2.45, 2.75) is 38.6 Å². The molecule has 1 aliphatic heterocycles. The maximum atomic E-state index is 15.2. The van der Waals surface area contributed by atoms with Gasteiger partial charge in [0, 0.05) is 23.6 Å². The molecule has 1 heterocycles. The van der Waals surface area contributed by atoms with Crippen molar-refractivity contribution in [3.8, 4) is 11.1 Å². The average molecular weight is 544 g/mol. The highest BCUT2D eigenvalue weighted by Gasteiger charge is 2.36. The molecule has 1 aliphatic rings. The number of anilines is 2. The van der Waals surface area contributed by atoms with Crippen molar-refractivity contribution >= 4 is 40.7 Å². The number of carbonyl (C=O) groups excluding carboxylic acids is 3. The number of ketones is 1. The number of hydrogen-bond donors (Lipinski definition) is 2. The van der Waals surface area contributed by atoms with E-state index in [4.69, 9.17) is 11.6 Å². The maximum absolute atomic E-state index is 15.2. The molecule has 1 unspecified atom stereocenters. The lowest BCUT2D eigenvalue weighted by atomic mass is 9.93. The van der Waals surface area contributed by atoms with Gasteiger partial charge in [-0.1, -0.05) is 42.8 Å². The zero-order chi connectivity index (χ0) is 27.6. The Bertz CT molecular complexity index is 1420. The van der Waals surface area contributed by atoms with Gasteiger partial charge in [-0.25, -0.2) is 18.0 Å². The third-order valence-electron chi connectivity index (χ3n) is 6.40. The van der Waals surface area contributed by atoms with Crippen LogP contribution in [0, 0.1) is 17.5 Å². The summed E-state index contributed by atoms with van der Waals surface area (Å²) in [4.78, 5) is 37.8. The number of rotatable bonds is 7. The Morgan fingerprint density at radius 1 is 1.08 bits per heavy atom. The molecule has 0 bridgehead atoms. The molecule has 0 aliphatic carbocycles. The van der Waals surface area contributed by atoms with Crippen LogP contribution in [0.15, 0.2) is 54.6 Å². The van der Waals surface area contributed by atoms with Crippen molar-refractivity contribution in [2.24, 2.45) is 0 Å². The number of benzene rings is 3. The largest absolute Gasteiger partial charge is 0.326 e. The SMILES string of the molecule is CC(=O)CC(C)c1cccc(-c2ccc(N3CC[C@@H](NC(=O)Nc4ccc(Cl)cc4F)C3=O)c(F)c2F)c1. The molecule has 1 saturated heterocycles. The predicted octanol–water partition coefficient (Wildman–Crippen LogP) is 6.43. The van der Waals surface area contributed by atoms with Gasteiger partial charge in [0.25, 0.3) is 0 Å². The van der Waals surface area contributed by atoms with E-state index in [1.807, 2.05) is 13.0 Å². The van der Waals surface area contributed by atoms with E-state index in [1.165, 1.54) is 31.2 Å². The lowest BCUT2D eigenvalue weighted by molar-refractivity contribution is -0.119. The first-order chi connectivity index (χ1) is 18.0. The van der Waals surface area contributed by atoms with Crippen molar-refractivity contribution in [3.63, 3.8) is 0 Å². The summed E-state index contributed by atoms with van der Waals surface area (Å²) in [6.07, 6.45) is 0.479. The Morgan fingerprint density at radius 2 is 1.84 bits per heavy atom. The Kier molecular flexibility index (Phi) is 8.06. The minimum Gasteiger partial charge on any atom is -0.326 e. The molecule has 1 fully saturated rings. The molecule has 6 nitrogen and oxygen atoms in total. The third-order valence-corrected chi connectivity index (χ3v) is 6.64. The molecular formula is C28H25ClF3N3O3. The van der Waals surface area contributed by atoms with E-state index in [9.17, 15) is 18.8 Å². The normalized spacial score (nSPS) is 15.9. The van der Waals surface area contributed by atoms with Crippen LogP contribution in [0.2, 0.25) is 5.02 Å². The van der Waals surface area contributed by atoms with Crippen molar-refractivity contribution in [1.82, 2.24) is 5.32 Å². The van der Waals surface area contributed by atoms with Crippen LogP contribution < -0.4 is 15.5 Å². The molecule has 3 aromatic rings. The first kappa shape index (κ1) is 27.2. The summed E-state index contributed by atoms with van der Waals surface area (Å²) < 4.78 is 44.3. The summed E-state index contributed by atoms with van der Waals surface area (Å²) in [7, 11) is 0. The van der Waals surface area contributed by atoms with Gasteiger partial charge in [0.15, 0.2) is 11.6 Å². The molecule has 0 aromatic heterocycles. The molecule has 3 aromatic carbocycles. The monoisotopic (exact) mass is 543 g/mol. The molecule has 198 valence electrons. The van der Waals surface area contributed by atoms with Crippen LogP contribution in [0.1, 0.15) is 38.2 Å².